The van der Waals surface area contributed by atoms with Crippen molar-refractivity contribution in [3.8, 4) is 0 Å². The summed E-state index contributed by atoms with van der Waals surface area (Å²) in [4.78, 5) is 23.9. The van der Waals surface area contributed by atoms with Crippen molar-refractivity contribution in [2.45, 2.75) is 25.7 Å². The topological polar surface area (TPSA) is 92.2 Å². The molecular weight excluding hydrogens is 448 g/mol. The van der Waals surface area contributed by atoms with E-state index in [1.165, 1.54) is 5.56 Å². The quantitative estimate of drug-likeness (QED) is 0.166. The Kier molecular flexibility index (Phi) is 9.89. The fraction of sp³-hybridized carbons (Fsp3) is 0.192. The maximum Gasteiger partial charge on any atom is 0.306 e. The molecule has 1 amide bonds. The Morgan fingerprint density at radius 1 is 0.794 bits per heavy atom. The van der Waals surface area contributed by atoms with Gasteiger partial charge in [-0.3, -0.25) is 9.59 Å². The van der Waals surface area contributed by atoms with Crippen LogP contribution in [0.5, 0.6) is 0 Å². The SMILES string of the molecule is O=C(CCC(=O)OCCCc1ccccc1)NC(=S)Nc1ccc(N=Nc2ccccc2)cc1. The highest BCUT2D eigenvalue weighted by Gasteiger charge is 2.10. The smallest absolute Gasteiger partial charge is 0.306 e. The second-order valence-corrected chi connectivity index (χ2v) is 7.80. The van der Waals surface area contributed by atoms with Crippen LogP contribution in [0, 0.1) is 0 Å². The Bertz CT molecular complexity index is 1100. The number of rotatable bonds is 10. The van der Waals surface area contributed by atoms with E-state index in [9.17, 15) is 9.59 Å². The van der Waals surface area contributed by atoms with Crippen LogP contribution < -0.4 is 10.6 Å². The van der Waals surface area contributed by atoms with Crippen molar-refractivity contribution in [2.24, 2.45) is 10.2 Å². The zero-order valence-electron chi connectivity index (χ0n) is 18.6. The summed E-state index contributed by atoms with van der Waals surface area (Å²) in [6, 6.07) is 26.6. The molecule has 2 N–H and O–H groups in total. The van der Waals surface area contributed by atoms with E-state index in [4.69, 9.17) is 17.0 Å². The van der Waals surface area contributed by atoms with E-state index in [0.717, 1.165) is 18.5 Å². The number of ether oxygens (including phenoxy) is 1. The van der Waals surface area contributed by atoms with Crippen LogP contribution in [0.3, 0.4) is 0 Å². The molecule has 0 fully saturated rings. The second kappa shape index (κ2) is 13.6. The van der Waals surface area contributed by atoms with Crippen molar-refractivity contribution in [1.29, 1.82) is 0 Å². The zero-order valence-corrected chi connectivity index (χ0v) is 19.5. The van der Waals surface area contributed by atoms with E-state index >= 15 is 0 Å². The highest BCUT2D eigenvalue weighted by Crippen LogP contribution is 2.20. The molecule has 0 aliphatic rings. The number of benzene rings is 3. The van der Waals surface area contributed by atoms with E-state index in [1.54, 1.807) is 24.3 Å². The van der Waals surface area contributed by atoms with Crippen LogP contribution in [0.2, 0.25) is 0 Å². The molecule has 0 saturated carbocycles. The molecular formula is C26H26N4O3S. The molecule has 0 spiro atoms. The van der Waals surface area contributed by atoms with Crippen molar-refractivity contribution in [3.05, 3.63) is 90.5 Å². The van der Waals surface area contributed by atoms with Crippen LogP contribution in [0.25, 0.3) is 0 Å². The molecule has 8 heteroatoms. The molecule has 7 nitrogen and oxygen atoms in total. The minimum atomic E-state index is -0.401. The number of nitrogens with zero attached hydrogens (tertiary/aromatic N) is 2. The lowest BCUT2D eigenvalue weighted by Gasteiger charge is -2.10. The average Bonchev–Trinajstić information content (AvgIpc) is 2.86. The average molecular weight is 475 g/mol. The van der Waals surface area contributed by atoms with Gasteiger partial charge in [-0.15, -0.1) is 0 Å². The minimum absolute atomic E-state index is 0.000892. The van der Waals surface area contributed by atoms with Crippen LogP contribution in [0.4, 0.5) is 17.1 Å². The molecule has 174 valence electrons. The van der Waals surface area contributed by atoms with Gasteiger partial charge in [-0.1, -0.05) is 48.5 Å². The molecule has 3 aromatic rings. The first kappa shape index (κ1) is 24.7. The summed E-state index contributed by atoms with van der Waals surface area (Å²) in [7, 11) is 0. The van der Waals surface area contributed by atoms with E-state index in [2.05, 4.69) is 20.9 Å². The van der Waals surface area contributed by atoms with Crippen LogP contribution in [-0.2, 0) is 20.7 Å². The third kappa shape index (κ3) is 9.30. The maximum absolute atomic E-state index is 12.1. The number of carbonyl (C=O) groups excluding carboxylic acids is 2. The number of hydrogen-bond acceptors (Lipinski definition) is 6. The molecule has 0 heterocycles. The van der Waals surface area contributed by atoms with Gasteiger partial charge in [0.25, 0.3) is 0 Å². The number of aryl methyl sites for hydroxylation is 1. The fourth-order valence-electron chi connectivity index (χ4n) is 2.97. The summed E-state index contributed by atoms with van der Waals surface area (Å²) >= 11 is 5.17. The predicted molar refractivity (Wildman–Crippen MR) is 136 cm³/mol. The lowest BCUT2D eigenvalue weighted by molar-refractivity contribution is -0.145. The first-order valence-electron chi connectivity index (χ1n) is 11.0. The molecule has 0 aromatic heterocycles. The molecule has 34 heavy (non-hydrogen) atoms. The van der Waals surface area contributed by atoms with Crippen LogP contribution in [0.1, 0.15) is 24.8 Å². The predicted octanol–water partition coefficient (Wildman–Crippen LogP) is 5.87. The van der Waals surface area contributed by atoms with E-state index in [1.807, 2.05) is 60.7 Å². The number of azo groups is 1. The van der Waals surface area contributed by atoms with E-state index < -0.39 is 5.97 Å². The standard InChI is InChI=1S/C26H26N4O3S/c31-24(17-18-25(32)33-19-7-10-20-8-3-1-4-9-20)28-26(34)27-21-13-15-23(16-14-21)30-29-22-11-5-2-6-12-22/h1-6,8-9,11-16H,7,10,17-19H2,(H2,27,28,31,34). The Balaban J connectivity index is 1.31. The molecule has 0 aliphatic heterocycles. The third-order valence-corrected chi connectivity index (χ3v) is 4.89. The van der Waals surface area contributed by atoms with Gasteiger partial charge in [-0.05, 0) is 67.0 Å². The molecule has 0 aliphatic carbocycles. The van der Waals surface area contributed by atoms with Crippen molar-refractivity contribution >= 4 is 46.3 Å². The number of nitrogens with one attached hydrogen (secondary N) is 2. The molecule has 3 rings (SSSR count). The number of hydrogen-bond donors (Lipinski definition) is 2. The lowest BCUT2D eigenvalue weighted by atomic mass is 10.1. The van der Waals surface area contributed by atoms with Crippen molar-refractivity contribution in [1.82, 2.24) is 5.32 Å². The first-order chi connectivity index (χ1) is 16.6. The number of thiocarbonyl (C=S) groups is 1. The minimum Gasteiger partial charge on any atom is -0.466 e. The van der Waals surface area contributed by atoms with Crippen molar-refractivity contribution in [2.75, 3.05) is 11.9 Å². The number of esters is 1. The number of amides is 1. The van der Waals surface area contributed by atoms with Crippen LogP contribution >= 0.6 is 12.2 Å². The molecule has 0 saturated heterocycles. The summed E-state index contributed by atoms with van der Waals surface area (Å²) in [6.45, 7) is 0.330. The molecule has 0 atom stereocenters. The van der Waals surface area contributed by atoms with Gasteiger partial charge in [0.1, 0.15) is 0 Å². The second-order valence-electron chi connectivity index (χ2n) is 7.39. The monoisotopic (exact) mass is 474 g/mol. The molecule has 3 aromatic carbocycles. The van der Waals surface area contributed by atoms with Crippen molar-refractivity contribution in [3.63, 3.8) is 0 Å². The third-order valence-electron chi connectivity index (χ3n) is 4.69. The van der Waals surface area contributed by atoms with Crippen LogP contribution in [-0.4, -0.2) is 23.6 Å². The number of anilines is 1. The van der Waals surface area contributed by atoms with Gasteiger partial charge in [-0.2, -0.15) is 10.2 Å². The maximum atomic E-state index is 12.1. The fourth-order valence-corrected chi connectivity index (χ4v) is 3.20. The molecule has 0 radical (unpaired) electrons. The molecule has 0 bridgehead atoms. The van der Waals surface area contributed by atoms with Crippen LogP contribution in [0.15, 0.2) is 95.2 Å². The van der Waals surface area contributed by atoms with E-state index in [-0.39, 0.29) is 23.9 Å². The van der Waals surface area contributed by atoms with Gasteiger partial charge in [0.15, 0.2) is 5.11 Å². The normalized spacial score (nSPS) is 10.6. The summed E-state index contributed by atoms with van der Waals surface area (Å²) < 4.78 is 5.19. The van der Waals surface area contributed by atoms with Gasteiger partial charge in [-0.25, -0.2) is 0 Å². The summed E-state index contributed by atoms with van der Waals surface area (Å²) in [5, 5.41) is 14.0. The van der Waals surface area contributed by atoms with Crippen molar-refractivity contribution < 1.29 is 14.3 Å². The largest absolute Gasteiger partial charge is 0.466 e. The summed E-state index contributed by atoms with van der Waals surface area (Å²) in [5.74, 6) is -0.755. The Morgan fingerprint density at radius 2 is 1.41 bits per heavy atom. The zero-order chi connectivity index (χ0) is 24.0. The molecule has 0 unspecified atom stereocenters. The van der Waals surface area contributed by atoms with Gasteiger partial charge in [0.05, 0.1) is 24.4 Å². The lowest BCUT2D eigenvalue weighted by Crippen LogP contribution is -2.34. The Morgan fingerprint density at radius 3 is 2.09 bits per heavy atom. The van der Waals surface area contributed by atoms with Gasteiger partial charge < -0.3 is 15.4 Å². The Labute approximate surface area is 204 Å². The Hall–Kier alpha value is -3.91. The highest BCUT2D eigenvalue weighted by molar-refractivity contribution is 7.80. The van der Waals surface area contributed by atoms with Gasteiger partial charge in [0, 0.05) is 12.1 Å². The summed E-state index contributed by atoms with van der Waals surface area (Å²) in [5.41, 5.74) is 3.35. The summed E-state index contributed by atoms with van der Waals surface area (Å²) in [6.07, 6.45) is 1.58. The first-order valence-corrected chi connectivity index (χ1v) is 11.4. The van der Waals surface area contributed by atoms with Gasteiger partial charge >= 0.3 is 5.97 Å². The van der Waals surface area contributed by atoms with E-state index in [0.29, 0.717) is 18.0 Å². The van der Waals surface area contributed by atoms with Gasteiger partial charge in [0.2, 0.25) is 5.91 Å². The number of carbonyl (C=O) groups is 2. The highest BCUT2D eigenvalue weighted by atomic mass is 32.1.